The molecule has 28 heavy (non-hydrogen) atoms. The van der Waals surface area contributed by atoms with Gasteiger partial charge in [-0.05, 0) is 44.4 Å². The van der Waals surface area contributed by atoms with E-state index >= 15 is 0 Å². The Labute approximate surface area is 166 Å². The van der Waals surface area contributed by atoms with Gasteiger partial charge in [-0.15, -0.1) is 0 Å². The minimum Gasteiger partial charge on any atom is -0.451 e. The van der Waals surface area contributed by atoms with Gasteiger partial charge in [0, 0.05) is 38.1 Å². The maximum atomic E-state index is 12.3. The summed E-state index contributed by atoms with van der Waals surface area (Å²) in [7, 11) is 1.64. The quantitative estimate of drug-likeness (QED) is 0.408. The molecule has 2 heterocycles. The van der Waals surface area contributed by atoms with E-state index in [9.17, 15) is 14.9 Å². The molecule has 7 nitrogen and oxygen atoms in total. The lowest BCUT2D eigenvalue weighted by atomic mass is 10.1. The van der Waals surface area contributed by atoms with Gasteiger partial charge in [0.1, 0.15) is 11.6 Å². The van der Waals surface area contributed by atoms with Gasteiger partial charge in [0.15, 0.2) is 6.61 Å². The van der Waals surface area contributed by atoms with Crippen LogP contribution >= 0.6 is 0 Å². The molecule has 0 saturated carbocycles. The number of aromatic nitrogens is 1. The first-order valence-electron chi connectivity index (χ1n) is 9.70. The smallest absolute Gasteiger partial charge is 0.349 e. The highest BCUT2D eigenvalue weighted by molar-refractivity contribution is 5.99. The Morgan fingerprint density at radius 1 is 1.21 bits per heavy atom. The molecular weight excluding hydrogens is 358 g/mol. The fraction of sp³-hybridized carbons (Fsp3) is 0.571. The van der Waals surface area contributed by atoms with Gasteiger partial charge in [-0.1, -0.05) is 12.8 Å². The van der Waals surface area contributed by atoms with Crippen molar-refractivity contribution in [3.05, 3.63) is 28.6 Å². The fourth-order valence-corrected chi connectivity index (χ4v) is 3.41. The highest BCUT2D eigenvalue weighted by atomic mass is 16.5. The van der Waals surface area contributed by atoms with E-state index in [1.807, 2.05) is 26.0 Å². The van der Waals surface area contributed by atoms with Crippen LogP contribution in [0.2, 0.25) is 0 Å². The van der Waals surface area contributed by atoms with E-state index in [1.165, 1.54) is 6.08 Å². The molecule has 152 valence electrons. The number of esters is 1. The first kappa shape index (κ1) is 21.7. The van der Waals surface area contributed by atoms with Gasteiger partial charge in [0.05, 0.1) is 6.61 Å². The molecule has 2 rings (SSSR count). The van der Waals surface area contributed by atoms with E-state index in [1.54, 1.807) is 12.0 Å². The number of carbonyl (C=O) groups excluding carboxylic acids is 2. The summed E-state index contributed by atoms with van der Waals surface area (Å²) in [6.45, 7) is 6.23. The number of amides is 1. The van der Waals surface area contributed by atoms with Crippen molar-refractivity contribution >= 4 is 18.0 Å². The van der Waals surface area contributed by atoms with Crippen LogP contribution in [0.5, 0.6) is 0 Å². The second-order valence-corrected chi connectivity index (χ2v) is 7.01. The molecule has 0 atom stereocenters. The Morgan fingerprint density at radius 3 is 2.50 bits per heavy atom. The molecule has 0 aliphatic carbocycles. The summed E-state index contributed by atoms with van der Waals surface area (Å²) in [6.07, 6.45) is 5.70. The number of hydrogen-bond acceptors (Lipinski definition) is 5. The van der Waals surface area contributed by atoms with Crippen molar-refractivity contribution in [2.75, 3.05) is 33.4 Å². The molecule has 1 aromatic heterocycles. The largest absolute Gasteiger partial charge is 0.451 e. The van der Waals surface area contributed by atoms with Gasteiger partial charge in [-0.25, -0.2) is 4.79 Å². The topological polar surface area (TPSA) is 84.6 Å². The van der Waals surface area contributed by atoms with Crippen molar-refractivity contribution in [2.45, 2.75) is 46.1 Å². The number of carbonyl (C=O) groups is 2. The van der Waals surface area contributed by atoms with Gasteiger partial charge in [-0.2, -0.15) is 5.26 Å². The molecule has 7 heteroatoms. The summed E-state index contributed by atoms with van der Waals surface area (Å²) >= 11 is 0. The summed E-state index contributed by atoms with van der Waals surface area (Å²) in [6, 6.07) is 3.81. The number of aryl methyl sites for hydroxylation is 1. The summed E-state index contributed by atoms with van der Waals surface area (Å²) in [5, 5.41) is 9.38. The number of hydrogen-bond donors (Lipinski definition) is 0. The van der Waals surface area contributed by atoms with Crippen molar-refractivity contribution in [1.29, 1.82) is 5.26 Å². The molecule has 0 radical (unpaired) electrons. The van der Waals surface area contributed by atoms with Crippen molar-refractivity contribution in [3.63, 3.8) is 0 Å². The number of rotatable bonds is 7. The van der Waals surface area contributed by atoms with Crippen LogP contribution in [0.4, 0.5) is 0 Å². The number of ether oxygens (including phenoxy) is 2. The van der Waals surface area contributed by atoms with Crippen molar-refractivity contribution in [3.8, 4) is 6.07 Å². The molecule has 0 spiro atoms. The third-order valence-electron chi connectivity index (χ3n) is 5.06. The Hall–Kier alpha value is -2.59. The van der Waals surface area contributed by atoms with Gasteiger partial charge in [-0.3, -0.25) is 4.79 Å². The molecule has 1 fully saturated rings. The molecule has 1 aliphatic rings. The number of nitriles is 1. The monoisotopic (exact) mass is 387 g/mol. The number of likely N-dealkylation sites (tertiary alicyclic amines) is 1. The zero-order valence-corrected chi connectivity index (χ0v) is 17.0. The Kier molecular flexibility index (Phi) is 8.27. The van der Waals surface area contributed by atoms with Gasteiger partial charge in [0.25, 0.3) is 5.91 Å². The predicted octanol–water partition coefficient (Wildman–Crippen LogP) is 2.60. The number of nitrogens with zero attached hydrogens (tertiary/aromatic N) is 3. The van der Waals surface area contributed by atoms with Crippen molar-refractivity contribution in [1.82, 2.24) is 9.47 Å². The zero-order chi connectivity index (χ0) is 20.5. The lowest BCUT2D eigenvalue weighted by Gasteiger charge is -2.19. The van der Waals surface area contributed by atoms with Crippen molar-refractivity contribution < 1.29 is 19.1 Å². The lowest BCUT2D eigenvalue weighted by Crippen LogP contribution is -2.35. The maximum absolute atomic E-state index is 12.3. The molecule has 1 amide bonds. The lowest BCUT2D eigenvalue weighted by molar-refractivity contribution is -0.148. The van der Waals surface area contributed by atoms with Gasteiger partial charge >= 0.3 is 5.97 Å². The van der Waals surface area contributed by atoms with Crippen LogP contribution in [0.1, 0.15) is 42.6 Å². The summed E-state index contributed by atoms with van der Waals surface area (Å²) in [5.41, 5.74) is 2.62. The maximum Gasteiger partial charge on any atom is 0.349 e. The van der Waals surface area contributed by atoms with E-state index in [2.05, 4.69) is 4.57 Å². The van der Waals surface area contributed by atoms with Crippen LogP contribution in [0.15, 0.2) is 11.6 Å². The van der Waals surface area contributed by atoms with Gasteiger partial charge in [0.2, 0.25) is 0 Å². The average molecular weight is 387 g/mol. The summed E-state index contributed by atoms with van der Waals surface area (Å²) in [5.74, 6) is -0.974. The normalized spacial score (nSPS) is 15.1. The van der Waals surface area contributed by atoms with Crippen LogP contribution < -0.4 is 0 Å². The molecular formula is C21H29N3O4. The fourth-order valence-electron chi connectivity index (χ4n) is 3.41. The third-order valence-corrected chi connectivity index (χ3v) is 5.06. The van der Waals surface area contributed by atoms with E-state index in [0.717, 1.165) is 42.6 Å². The second-order valence-electron chi connectivity index (χ2n) is 7.01. The standard InChI is InChI=1S/C21H29N3O4/c1-16-12-18(17(2)24(16)10-11-27-3)13-19(14-22)21(26)28-15-20(25)23-8-6-4-5-7-9-23/h12-13H,4-11,15H2,1-3H3/b19-13-. The van der Waals surface area contributed by atoms with Gasteiger partial charge < -0.3 is 18.9 Å². The van der Waals surface area contributed by atoms with E-state index in [-0.39, 0.29) is 18.1 Å². The highest BCUT2D eigenvalue weighted by Gasteiger charge is 2.19. The Bertz CT molecular complexity index is 765. The SMILES string of the molecule is COCCn1c(C)cc(/C=C(/C#N)C(=O)OCC(=O)N2CCCCCC2)c1C. The number of methoxy groups -OCH3 is 1. The Balaban J connectivity index is 2.03. The zero-order valence-electron chi connectivity index (χ0n) is 17.0. The summed E-state index contributed by atoms with van der Waals surface area (Å²) < 4.78 is 12.3. The van der Waals surface area contributed by atoms with E-state index in [4.69, 9.17) is 9.47 Å². The molecule has 0 unspecified atom stereocenters. The third kappa shape index (κ3) is 5.70. The first-order chi connectivity index (χ1) is 13.5. The molecule has 0 N–H and O–H groups in total. The van der Waals surface area contributed by atoms with Crippen LogP contribution in [0, 0.1) is 25.2 Å². The minimum atomic E-state index is -0.771. The predicted molar refractivity (Wildman–Crippen MR) is 105 cm³/mol. The summed E-state index contributed by atoms with van der Waals surface area (Å²) in [4.78, 5) is 26.3. The molecule has 1 aliphatic heterocycles. The molecule has 1 aromatic rings. The highest BCUT2D eigenvalue weighted by Crippen LogP contribution is 2.19. The van der Waals surface area contributed by atoms with Crippen LogP contribution in [-0.4, -0.2) is 54.8 Å². The molecule has 0 aromatic carbocycles. The minimum absolute atomic E-state index is 0.115. The van der Waals surface area contributed by atoms with E-state index in [0.29, 0.717) is 26.2 Å². The van der Waals surface area contributed by atoms with Crippen LogP contribution in [0.25, 0.3) is 6.08 Å². The Morgan fingerprint density at radius 2 is 1.89 bits per heavy atom. The van der Waals surface area contributed by atoms with Crippen LogP contribution in [0.3, 0.4) is 0 Å². The van der Waals surface area contributed by atoms with E-state index < -0.39 is 5.97 Å². The molecule has 0 bridgehead atoms. The average Bonchev–Trinajstić information content (AvgIpc) is 2.88. The second kappa shape index (κ2) is 10.7. The molecule has 1 saturated heterocycles. The first-order valence-corrected chi connectivity index (χ1v) is 9.70. The van der Waals surface area contributed by atoms with Crippen LogP contribution in [-0.2, 0) is 25.6 Å². The van der Waals surface area contributed by atoms with Crippen molar-refractivity contribution in [2.24, 2.45) is 0 Å².